The first-order chi connectivity index (χ1) is 8.63. The fraction of sp³-hybridized carbons (Fsp3) is 0.462. The predicted octanol–water partition coefficient (Wildman–Crippen LogP) is 2.49. The Balaban J connectivity index is 2.26. The number of halogens is 1. The van der Waals surface area contributed by atoms with E-state index in [0.717, 1.165) is 24.6 Å². The highest BCUT2D eigenvalue weighted by molar-refractivity contribution is 9.09. The van der Waals surface area contributed by atoms with Crippen LogP contribution in [0, 0.1) is 0 Å². The van der Waals surface area contributed by atoms with Crippen LogP contribution in [0.2, 0.25) is 0 Å². The van der Waals surface area contributed by atoms with Gasteiger partial charge in [-0.2, -0.15) is 0 Å². The molecule has 1 heterocycles. The second-order valence-electron chi connectivity index (χ2n) is 4.50. The number of aromatic hydroxyl groups is 2. The van der Waals surface area contributed by atoms with Crippen molar-refractivity contribution in [1.82, 2.24) is 4.90 Å². The number of carbonyl (C=O) groups excluding carboxylic acids is 1. The zero-order chi connectivity index (χ0) is 13.1. The molecule has 0 aromatic heterocycles. The highest BCUT2D eigenvalue weighted by atomic mass is 79.9. The largest absolute Gasteiger partial charge is 0.508 e. The van der Waals surface area contributed by atoms with Gasteiger partial charge in [0, 0.05) is 17.9 Å². The molecule has 0 aliphatic carbocycles. The van der Waals surface area contributed by atoms with E-state index < -0.39 is 0 Å². The monoisotopic (exact) mass is 313 g/mol. The molecule has 5 heteroatoms. The second kappa shape index (κ2) is 5.61. The van der Waals surface area contributed by atoms with Crippen LogP contribution in [0.4, 0.5) is 0 Å². The summed E-state index contributed by atoms with van der Waals surface area (Å²) in [6.07, 6.45) is 3.07. The summed E-state index contributed by atoms with van der Waals surface area (Å²) < 4.78 is 0. The van der Waals surface area contributed by atoms with E-state index in [1.807, 2.05) is 0 Å². The summed E-state index contributed by atoms with van der Waals surface area (Å²) in [4.78, 5) is 14.1. The zero-order valence-electron chi connectivity index (χ0n) is 9.97. The van der Waals surface area contributed by atoms with Crippen molar-refractivity contribution < 1.29 is 15.0 Å². The molecule has 98 valence electrons. The van der Waals surface area contributed by atoms with Gasteiger partial charge in [0.2, 0.25) is 0 Å². The Morgan fingerprint density at radius 3 is 2.89 bits per heavy atom. The van der Waals surface area contributed by atoms with Gasteiger partial charge in [-0.25, -0.2) is 0 Å². The van der Waals surface area contributed by atoms with Crippen LogP contribution in [0.1, 0.15) is 29.6 Å². The van der Waals surface area contributed by atoms with Gasteiger partial charge in [-0.3, -0.25) is 4.79 Å². The topological polar surface area (TPSA) is 60.8 Å². The standard InChI is InChI=1S/C13H16BrNO3/c14-8-9-3-1-2-6-15(9)13(18)11-7-10(16)4-5-12(11)17/h4-5,7,9,16-17H,1-3,6,8H2. The van der Waals surface area contributed by atoms with E-state index in [0.29, 0.717) is 6.54 Å². The Morgan fingerprint density at radius 2 is 2.17 bits per heavy atom. The SMILES string of the molecule is O=C(c1cc(O)ccc1O)N1CCCCC1CBr. The van der Waals surface area contributed by atoms with Gasteiger partial charge in [-0.05, 0) is 37.5 Å². The maximum absolute atomic E-state index is 12.4. The van der Waals surface area contributed by atoms with Gasteiger partial charge in [0.25, 0.3) is 5.91 Å². The van der Waals surface area contributed by atoms with Crippen LogP contribution in [0.3, 0.4) is 0 Å². The van der Waals surface area contributed by atoms with Gasteiger partial charge in [0.1, 0.15) is 11.5 Å². The smallest absolute Gasteiger partial charge is 0.258 e. The molecule has 1 aromatic rings. The van der Waals surface area contributed by atoms with Gasteiger partial charge in [-0.1, -0.05) is 15.9 Å². The molecular weight excluding hydrogens is 298 g/mol. The molecule has 0 spiro atoms. The molecule has 1 atom stereocenters. The lowest BCUT2D eigenvalue weighted by molar-refractivity contribution is 0.0638. The minimum atomic E-state index is -0.215. The quantitative estimate of drug-likeness (QED) is 0.651. The third-order valence-electron chi connectivity index (χ3n) is 3.28. The van der Waals surface area contributed by atoms with Crippen LogP contribution >= 0.6 is 15.9 Å². The number of alkyl halides is 1. The maximum Gasteiger partial charge on any atom is 0.258 e. The van der Waals surface area contributed by atoms with E-state index in [1.54, 1.807) is 4.90 Å². The third kappa shape index (κ3) is 2.61. The van der Waals surface area contributed by atoms with Crippen LogP contribution in [0.25, 0.3) is 0 Å². The average Bonchev–Trinajstić information content (AvgIpc) is 2.40. The lowest BCUT2D eigenvalue weighted by Crippen LogP contribution is -2.44. The second-order valence-corrected chi connectivity index (χ2v) is 5.15. The molecule has 0 bridgehead atoms. The summed E-state index contributed by atoms with van der Waals surface area (Å²) in [5, 5.41) is 19.9. The molecule has 1 aliphatic rings. The molecule has 1 aromatic carbocycles. The number of hydrogen-bond donors (Lipinski definition) is 2. The van der Waals surface area contributed by atoms with Crippen LogP contribution in [0.15, 0.2) is 18.2 Å². The van der Waals surface area contributed by atoms with E-state index in [-0.39, 0.29) is 29.0 Å². The van der Waals surface area contributed by atoms with Gasteiger partial charge >= 0.3 is 0 Å². The molecule has 1 amide bonds. The van der Waals surface area contributed by atoms with Crippen molar-refractivity contribution >= 4 is 21.8 Å². The molecule has 1 unspecified atom stereocenters. The Hall–Kier alpha value is -1.23. The number of hydrogen-bond acceptors (Lipinski definition) is 3. The first-order valence-electron chi connectivity index (χ1n) is 6.02. The first kappa shape index (κ1) is 13.2. The van der Waals surface area contributed by atoms with Crippen LogP contribution in [0.5, 0.6) is 11.5 Å². The van der Waals surface area contributed by atoms with Crippen molar-refractivity contribution in [2.45, 2.75) is 25.3 Å². The number of phenolic OH excluding ortho intramolecular Hbond substituents is 2. The molecule has 0 saturated carbocycles. The van der Waals surface area contributed by atoms with Crippen molar-refractivity contribution in [2.24, 2.45) is 0 Å². The molecule has 18 heavy (non-hydrogen) atoms. The highest BCUT2D eigenvalue weighted by Crippen LogP contribution is 2.27. The predicted molar refractivity (Wildman–Crippen MR) is 72.2 cm³/mol. The Labute approximate surface area is 114 Å². The number of piperidine rings is 1. The van der Waals surface area contributed by atoms with E-state index in [9.17, 15) is 15.0 Å². The number of benzene rings is 1. The summed E-state index contributed by atoms with van der Waals surface area (Å²) in [5.41, 5.74) is 0.169. The molecule has 1 aliphatic heterocycles. The zero-order valence-corrected chi connectivity index (χ0v) is 11.6. The number of rotatable bonds is 2. The number of amides is 1. The normalized spacial score (nSPS) is 19.8. The molecule has 2 N–H and O–H groups in total. The van der Waals surface area contributed by atoms with Crippen LogP contribution in [-0.2, 0) is 0 Å². The number of likely N-dealkylation sites (tertiary alicyclic amines) is 1. The Kier molecular flexibility index (Phi) is 4.11. The van der Waals surface area contributed by atoms with Gasteiger partial charge in [0.15, 0.2) is 0 Å². The minimum Gasteiger partial charge on any atom is -0.508 e. The maximum atomic E-state index is 12.4. The van der Waals surface area contributed by atoms with E-state index in [1.165, 1.54) is 18.2 Å². The number of nitrogens with zero attached hydrogens (tertiary/aromatic N) is 1. The van der Waals surface area contributed by atoms with Crippen LogP contribution in [-0.4, -0.2) is 38.9 Å². The van der Waals surface area contributed by atoms with Crippen molar-refractivity contribution in [3.63, 3.8) is 0 Å². The summed E-state index contributed by atoms with van der Waals surface area (Å²) in [7, 11) is 0. The summed E-state index contributed by atoms with van der Waals surface area (Å²) in [6.45, 7) is 0.699. The fourth-order valence-corrected chi connectivity index (χ4v) is 2.95. The van der Waals surface area contributed by atoms with Crippen molar-refractivity contribution in [2.75, 3.05) is 11.9 Å². The third-order valence-corrected chi connectivity index (χ3v) is 4.02. The van der Waals surface area contributed by atoms with Crippen molar-refractivity contribution in [1.29, 1.82) is 0 Å². The average molecular weight is 314 g/mol. The van der Waals surface area contributed by atoms with Gasteiger partial charge in [-0.15, -0.1) is 0 Å². The Bertz CT molecular complexity index is 450. The summed E-state index contributed by atoms with van der Waals surface area (Å²) in [5.74, 6) is -0.312. The van der Waals surface area contributed by atoms with E-state index in [2.05, 4.69) is 15.9 Å². The molecule has 1 saturated heterocycles. The Morgan fingerprint density at radius 1 is 1.39 bits per heavy atom. The first-order valence-corrected chi connectivity index (χ1v) is 7.14. The van der Waals surface area contributed by atoms with Crippen LogP contribution < -0.4 is 0 Å². The van der Waals surface area contributed by atoms with Crippen molar-refractivity contribution in [3.05, 3.63) is 23.8 Å². The molecular formula is C13H16BrNO3. The molecule has 2 rings (SSSR count). The lowest BCUT2D eigenvalue weighted by atomic mass is 10.0. The van der Waals surface area contributed by atoms with Gasteiger partial charge in [0.05, 0.1) is 5.56 Å². The number of carbonyl (C=O) groups is 1. The highest BCUT2D eigenvalue weighted by Gasteiger charge is 2.28. The molecule has 1 fully saturated rings. The summed E-state index contributed by atoms with van der Waals surface area (Å²) >= 11 is 3.42. The van der Waals surface area contributed by atoms with E-state index in [4.69, 9.17) is 0 Å². The van der Waals surface area contributed by atoms with E-state index >= 15 is 0 Å². The number of phenols is 2. The molecule has 0 radical (unpaired) electrons. The summed E-state index contributed by atoms with van der Waals surface area (Å²) in [6, 6.07) is 4.19. The minimum absolute atomic E-state index is 0.0106. The lowest BCUT2D eigenvalue weighted by Gasteiger charge is -2.34. The molecule has 4 nitrogen and oxygen atoms in total. The van der Waals surface area contributed by atoms with Gasteiger partial charge < -0.3 is 15.1 Å². The fourth-order valence-electron chi connectivity index (χ4n) is 2.28. The van der Waals surface area contributed by atoms with Crippen molar-refractivity contribution in [3.8, 4) is 11.5 Å².